The van der Waals surface area contributed by atoms with E-state index in [0.29, 0.717) is 12.0 Å². The molecule has 6 atom stereocenters. The molecular weight excluding hydrogens is 563 g/mol. The minimum absolute atomic E-state index is 0.0438. The molecule has 12 nitrogen and oxygen atoms in total. The molecule has 2 rings (SSSR count). The van der Waals surface area contributed by atoms with Crippen LogP contribution in [0.4, 0.5) is 9.18 Å². The highest BCUT2D eigenvalue weighted by molar-refractivity contribution is 6.25. The molecule has 0 saturated carbocycles. The first-order chi connectivity index (χ1) is 20.3. The standard InChI is InChI=1S/C30H43FN4O8/c1-16-12-20-25(32)21(35-42-11-10-31)15-22(27(20)37)34-29(38)17(2)8-7-9-23(40-5)28(43-30(33)39)19(4)14-18(3)26(36)24(13-16)41-6/h7-9,14-16,18,23-24,26,28,36H,10-13,32H2,1-6H3,(H2,33,39)(H,34,38)/b9-7-,17-8+,19-14+,35-21+/t16-,18+,23+,24+,26-,28+/m1/s1. The Hall–Kier alpha value is -3.81. The number of halogens is 1. The second-order valence-electron chi connectivity index (χ2n) is 10.6. The van der Waals surface area contributed by atoms with Crippen LogP contribution in [0.5, 0.6) is 0 Å². The van der Waals surface area contributed by atoms with Crippen molar-refractivity contribution < 1.29 is 42.9 Å². The molecule has 238 valence electrons. The van der Waals surface area contributed by atoms with Crippen LogP contribution in [-0.4, -0.2) is 80.5 Å². The number of carbonyl (C=O) groups is 3. The molecular formula is C30H43FN4O8. The molecule has 43 heavy (non-hydrogen) atoms. The summed E-state index contributed by atoms with van der Waals surface area (Å²) in [6.45, 7) is 5.84. The summed E-state index contributed by atoms with van der Waals surface area (Å²) >= 11 is 0. The van der Waals surface area contributed by atoms with Crippen molar-refractivity contribution in [2.45, 2.75) is 65.0 Å². The number of oxime groups is 1. The molecule has 13 heteroatoms. The number of nitrogens with zero attached hydrogens (tertiary/aromatic N) is 1. The van der Waals surface area contributed by atoms with Crippen molar-refractivity contribution in [2.24, 2.45) is 28.5 Å². The number of aliphatic hydroxyl groups is 1. The molecule has 2 aliphatic rings. The maximum atomic E-state index is 13.5. The van der Waals surface area contributed by atoms with Gasteiger partial charge >= 0.3 is 6.09 Å². The largest absolute Gasteiger partial charge is 0.439 e. The fourth-order valence-corrected chi connectivity index (χ4v) is 4.84. The Morgan fingerprint density at radius 3 is 2.51 bits per heavy atom. The Bertz CT molecular complexity index is 1220. The number of amides is 2. The number of allylic oxidation sites excluding steroid dienone is 4. The molecule has 0 aromatic carbocycles. The molecule has 0 radical (unpaired) electrons. The van der Waals surface area contributed by atoms with Gasteiger partial charge in [-0.1, -0.05) is 43.3 Å². The van der Waals surface area contributed by atoms with E-state index in [9.17, 15) is 23.9 Å². The number of hydrogen-bond donors (Lipinski definition) is 4. The SMILES string of the molecule is CO[C@H]1/C=C\C=C(/C)C(=O)NC2=C/C(=N\OCCF)C(N)=C(C[C@@H](C)C[C@H](OC)[C@H](O)[C@@H](C)/C=C(\C)[C@@H]1OC(N)=O)C2=O. The maximum absolute atomic E-state index is 13.5. The predicted molar refractivity (Wildman–Crippen MR) is 158 cm³/mol. The van der Waals surface area contributed by atoms with Crippen molar-refractivity contribution in [1.29, 1.82) is 0 Å². The molecule has 2 amide bonds. The van der Waals surface area contributed by atoms with Crippen LogP contribution in [0.25, 0.3) is 0 Å². The molecule has 1 heterocycles. The number of nitrogens with two attached hydrogens (primary N) is 2. The van der Waals surface area contributed by atoms with Crippen LogP contribution in [0.1, 0.15) is 40.5 Å². The lowest BCUT2D eigenvalue weighted by atomic mass is 9.85. The summed E-state index contributed by atoms with van der Waals surface area (Å²) < 4.78 is 29.2. The smallest absolute Gasteiger partial charge is 0.405 e. The van der Waals surface area contributed by atoms with Crippen LogP contribution < -0.4 is 16.8 Å². The highest BCUT2D eigenvalue weighted by atomic mass is 19.1. The van der Waals surface area contributed by atoms with E-state index < -0.39 is 54.8 Å². The zero-order chi connectivity index (χ0) is 32.3. The average molecular weight is 607 g/mol. The number of fused-ring (bicyclic) bond motifs is 2. The number of ketones is 1. The zero-order valence-corrected chi connectivity index (χ0v) is 25.5. The molecule has 0 spiro atoms. The molecule has 0 saturated heterocycles. The molecule has 0 fully saturated rings. The molecule has 0 aromatic rings. The second kappa shape index (κ2) is 16.7. The first-order valence-corrected chi connectivity index (χ1v) is 13.9. The lowest BCUT2D eigenvalue weighted by Crippen LogP contribution is -2.37. The van der Waals surface area contributed by atoms with Crippen molar-refractivity contribution in [1.82, 2.24) is 5.32 Å². The Morgan fingerprint density at radius 1 is 1.21 bits per heavy atom. The highest BCUT2D eigenvalue weighted by Crippen LogP contribution is 2.28. The quantitative estimate of drug-likeness (QED) is 0.153. The Kier molecular flexibility index (Phi) is 13.8. The average Bonchev–Trinajstić information content (AvgIpc) is 2.96. The third-order valence-corrected chi connectivity index (χ3v) is 7.18. The van der Waals surface area contributed by atoms with Crippen molar-refractivity contribution in [3.63, 3.8) is 0 Å². The van der Waals surface area contributed by atoms with Gasteiger partial charge in [0, 0.05) is 31.3 Å². The highest BCUT2D eigenvalue weighted by Gasteiger charge is 2.32. The van der Waals surface area contributed by atoms with Gasteiger partial charge in [0.2, 0.25) is 5.78 Å². The summed E-state index contributed by atoms with van der Waals surface area (Å²) in [4.78, 5) is 43.2. The van der Waals surface area contributed by atoms with Gasteiger partial charge in [-0.15, -0.1) is 0 Å². The number of aliphatic hydroxyl groups excluding tert-OH is 1. The van der Waals surface area contributed by atoms with Crippen LogP contribution in [0.2, 0.25) is 0 Å². The number of hydrogen-bond acceptors (Lipinski definition) is 10. The summed E-state index contributed by atoms with van der Waals surface area (Å²) in [6.07, 6.45) is 3.79. The van der Waals surface area contributed by atoms with E-state index in [0.717, 1.165) is 0 Å². The zero-order valence-electron chi connectivity index (χ0n) is 25.5. The van der Waals surface area contributed by atoms with Gasteiger partial charge in [-0.05, 0) is 44.3 Å². The van der Waals surface area contributed by atoms with Gasteiger partial charge in [0.15, 0.2) is 6.10 Å². The molecule has 0 aromatic heterocycles. The van der Waals surface area contributed by atoms with Crippen LogP contribution in [-0.2, 0) is 28.6 Å². The van der Waals surface area contributed by atoms with E-state index in [4.69, 9.17) is 30.5 Å². The summed E-state index contributed by atoms with van der Waals surface area (Å²) in [7, 11) is 2.90. The van der Waals surface area contributed by atoms with Gasteiger partial charge in [0.1, 0.15) is 25.1 Å². The van der Waals surface area contributed by atoms with E-state index in [-0.39, 0.29) is 47.2 Å². The molecule has 2 bridgehead atoms. The Morgan fingerprint density at radius 2 is 1.91 bits per heavy atom. The van der Waals surface area contributed by atoms with E-state index in [2.05, 4.69) is 10.5 Å². The first-order valence-electron chi connectivity index (χ1n) is 13.9. The Labute approximate surface area is 251 Å². The second-order valence-corrected chi connectivity index (χ2v) is 10.6. The molecule has 6 N–H and O–H groups in total. The lowest BCUT2D eigenvalue weighted by Gasteiger charge is -2.30. The minimum Gasteiger partial charge on any atom is -0.439 e. The molecule has 0 unspecified atom stereocenters. The third-order valence-electron chi connectivity index (χ3n) is 7.18. The summed E-state index contributed by atoms with van der Waals surface area (Å²) in [5.74, 6) is -1.76. The van der Waals surface area contributed by atoms with Gasteiger partial charge < -0.3 is 40.9 Å². The van der Waals surface area contributed by atoms with Crippen molar-refractivity contribution >= 4 is 23.5 Å². The number of alkyl halides is 1. The van der Waals surface area contributed by atoms with Gasteiger partial charge in [0.05, 0.1) is 23.6 Å². The van der Waals surface area contributed by atoms with E-state index in [1.165, 1.54) is 26.4 Å². The Balaban J connectivity index is 2.63. The van der Waals surface area contributed by atoms with E-state index >= 15 is 0 Å². The lowest BCUT2D eigenvalue weighted by molar-refractivity contribution is -0.119. The van der Waals surface area contributed by atoms with Crippen LogP contribution in [0, 0.1) is 11.8 Å². The summed E-state index contributed by atoms with van der Waals surface area (Å²) in [6, 6.07) is 0. The third kappa shape index (κ3) is 9.87. The van der Waals surface area contributed by atoms with Crippen LogP contribution in [0.3, 0.4) is 0 Å². The number of carbonyl (C=O) groups excluding carboxylic acids is 3. The van der Waals surface area contributed by atoms with E-state index in [1.54, 1.807) is 39.0 Å². The number of nitrogens with one attached hydrogen (secondary N) is 1. The molecule has 1 aliphatic carbocycles. The normalized spacial score (nSPS) is 32.2. The number of Topliss-reactive ketones (excluding diaryl/α,β-unsaturated/α-hetero) is 1. The first kappa shape index (κ1) is 35.4. The monoisotopic (exact) mass is 606 g/mol. The predicted octanol–water partition coefficient (Wildman–Crippen LogP) is 2.49. The van der Waals surface area contributed by atoms with Gasteiger partial charge in [-0.2, -0.15) is 0 Å². The van der Waals surface area contributed by atoms with Crippen molar-refractivity contribution in [3.05, 3.63) is 58.5 Å². The van der Waals surface area contributed by atoms with Gasteiger partial charge in [-0.25, -0.2) is 9.18 Å². The summed E-state index contributed by atoms with van der Waals surface area (Å²) in [5, 5.41) is 17.7. The fourth-order valence-electron chi connectivity index (χ4n) is 4.84. The fraction of sp³-hybridized carbons (Fsp3) is 0.533. The molecule has 1 aliphatic heterocycles. The maximum Gasteiger partial charge on any atom is 0.405 e. The van der Waals surface area contributed by atoms with Crippen LogP contribution in [0.15, 0.2) is 63.6 Å². The summed E-state index contributed by atoms with van der Waals surface area (Å²) in [5.41, 5.74) is 12.7. The number of methoxy groups -OCH3 is 2. The number of rotatable bonds is 6. The minimum atomic E-state index is -1.01. The van der Waals surface area contributed by atoms with Crippen molar-refractivity contribution in [3.8, 4) is 0 Å². The topological polar surface area (TPSA) is 185 Å². The van der Waals surface area contributed by atoms with Crippen LogP contribution >= 0.6 is 0 Å². The number of ether oxygens (including phenoxy) is 3. The van der Waals surface area contributed by atoms with Gasteiger partial charge in [0.25, 0.3) is 5.91 Å². The van der Waals surface area contributed by atoms with E-state index in [1.807, 2.05) is 6.92 Å². The van der Waals surface area contributed by atoms with Gasteiger partial charge in [-0.3, -0.25) is 9.59 Å². The number of primary amides is 1. The van der Waals surface area contributed by atoms with Crippen molar-refractivity contribution in [2.75, 3.05) is 27.5 Å².